The molecule has 0 amide bonds. The van der Waals surface area contributed by atoms with Gasteiger partial charge in [0.05, 0.1) is 16.1 Å². The molecule has 0 aromatic heterocycles. The molecule has 3 unspecified atom stereocenters. The van der Waals surface area contributed by atoms with Crippen molar-refractivity contribution in [2.75, 3.05) is 0 Å². The van der Waals surface area contributed by atoms with Crippen molar-refractivity contribution in [3.8, 4) is 0 Å². The molecule has 0 aliphatic heterocycles. The first kappa shape index (κ1) is 12.8. The molecule has 1 aromatic carbocycles. The molecule has 1 N–H and O–H groups in total. The van der Waals surface area contributed by atoms with Crippen LogP contribution in [0.2, 0.25) is 10.0 Å². The molecule has 2 aliphatic carbocycles. The van der Waals surface area contributed by atoms with E-state index in [1.807, 2.05) is 12.1 Å². The maximum atomic E-state index is 10.4. The van der Waals surface area contributed by atoms with Gasteiger partial charge in [-0.25, -0.2) is 0 Å². The molecular formula is C15H18Cl2O. The molecular weight excluding hydrogens is 267 g/mol. The molecule has 3 atom stereocenters. The largest absolute Gasteiger partial charge is 0.392 e. The van der Waals surface area contributed by atoms with E-state index in [9.17, 15) is 5.11 Å². The van der Waals surface area contributed by atoms with Crippen LogP contribution in [0.5, 0.6) is 0 Å². The molecule has 98 valence electrons. The second-order valence-corrected chi connectivity index (χ2v) is 6.46. The molecule has 3 rings (SSSR count). The molecule has 18 heavy (non-hydrogen) atoms. The molecule has 3 heteroatoms. The van der Waals surface area contributed by atoms with E-state index in [1.54, 1.807) is 6.07 Å². The molecule has 0 saturated heterocycles. The van der Waals surface area contributed by atoms with Crippen molar-refractivity contribution in [1.29, 1.82) is 0 Å². The third kappa shape index (κ3) is 2.29. The van der Waals surface area contributed by atoms with Crippen molar-refractivity contribution in [2.45, 2.75) is 38.2 Å². The number of aliphatic hydroxyl groups is 1. The second kappa shape index (κ2) is 5.03. The van der Waals surface area contributed by atoms with E-state index in [1.165, 1.54) is 25.7 Å². The summed E-state index contributed by atoms with van der Waals surface area (Å²) in [6.45, 7) is 0. The molecule has 2 fully saturated rings. The van der Waals surface area contributed by atoms with Gasteiger partial charge in [0.1, 0.15) is 0 Å². The highest BCUT2D eigenvalue weighted by atomic mass is 35.5. The summed E-state index contributed by atoms with van der Waals surface area (Å²) >= 11 is 12.2. The van der Waals surface area contributed by atoms with Gasteiger partial charge in [-0.15, -0.1) is 0 Å². The number of aliphatic hydroxyl groups excluding tert-OH is 1. The van der Waals surface area contributed by atoms with Crippen LogP contribution in [0.3, 0.4) is 0 Å². The van der Waals surface area contributed by atoms with Gasteiger partial charge in [0, 0.05) is 6.42 Å². The lowest BCUT2D eigenvalue weighted by molar-refractivity contribution is 0.140. The van der Waals surface area contributed by atoms with Gasteiger partial charge in [0.15, 0.2) is 0 Å². The fourth-order valence-electron chi connectivity index (χ4n) is 3.69. The molecule has 0 bridgehead atoms. The first-order chi connectivity index (χ1) is 8.68. The van der Waals surface area contributed by atoms with Crippen LogP contribution in [0.15, 0.2) is 18.2 Å². The van der Waals surface area contributed by atoms with E-state index in [2.05, 4.69) is 0 Å². The Bertz CT molecular complexity index is 434. The van der Waals surface area contributed by atoms with Crippen LogP contribution >= 0.6 is 23.2 Å². The number of rotatable bonds is 3. The summed E-state index contributed by atoms with van der Waals surface area (Å²) in [5.74, 6) is 2.04. The summed E-state index contributed by atoms with van der Waals surface area (Å²) in [5.41, 5.74) is 0.973. The van der Waals surface area contributed by atoms with Crippen LogP contribution < -0.4 is 0 Å². The highest BCUT2D eigenvalue weighted by Gasteiger charge is 2.53. The van der Waals surface area contributed by atoms with Crippen molar-refractivity contribution >= 4 is 23.2 Å². The predicted molar refractivity (Wildman–Crippen MR) is 75.1 cm³/mol. The molecule has 0 heterocycles. The lowest BCUT2D eigenvalue weighted by Crippen LogP contribution is -2.15. The van der Waals surface area contributed by atoms with Crippen molar-refractivity contribution in [2.24, 2.45) is 17.8 Å². The molecule has 2 aliphatic rings. The third-order valence-electron chi connectivity index (χ3n) is 4.63. The Morgan fingerprint density at radius 3 is 2.50 bits per heavy atom. The van der Waals surface area contributed by atoms with Crippen molar-refractivity contribution in [3.05, 3.63) is 33.8 Å². The van der Waals surface area contributed by atoms with E-state index < -0.39 is 0 Å². The van der Waals surface area contributed by atoms with E-state index in [0.717, 1.165) is 17.4 Å². The second-order valence-electron chi connectivity index (χ2n) is 5.67. The highest BCUT2D eigenvalue weighted by molar-refractivity contribution is 6.42. The van der Waals surface area contributed by atoms with E-state index in [-0.39, 0.29) is 6.10 Å². The SMILES string of the molecule is OC(Cc1cccc(Cl)c1Cl)C1C2CCCCC21. The number of hydrogen-bond acceptors (Lipinski definition) is 1. The smallest absolute Gasteiger partial charge is 0.0625 e. The van der Waals surface area contributed by atoms with Crippen LogP contribution in [-0.4, -0.2) is 11.2 Å². The van der Waals surface area contributed by atoms with Crippen molar-refractivity contribution in [1.82, 2.24) is 0 Å². The van der Waals surface area contributed by atoms with E-state index in [0.29, 0.717) is 22.4 Å². The third-order valence-corrected chi connectivity index (χ3v) is 5.49. The zero-order valence-electron chi connectivity index (χ0n) is 10.3. The van der Waals surface area contributed by atoms with Gasteiger partial charge in [-0.05, 0) is 42.2 Å². The number of benzene rings is 1. The minimum absolute atomic E-state index is 0.255. The first-order valence-corrected chi connectivity index (χ1v) is 7.55. The summed E-state index contributed by atoms with van der Waals surface area (Å²) in [4.78, 5) is 0. The van der Waals surface area contributed by atoms with Gasteiger partial charge in [-0.2, -0.15) is 0 Å². The Balaban J connectivity index is 1.68. The Labute approximate surface area is 118 Å². The zero-order valence-corrected chi connectivity index (χ0v) is 11.8. The average Bonchev–Trinajstić information content (AvgIpc) is 3.09. The predicted octanol–water partition coefficient (Wildman–Crippen LogP) is 4.33. The molecule has 0 spiro atoms. The Morgan fingerprint density at radius 2 is 1.83 bits per heavy atom. The normalized spacial score (nSPS) is 31.8. The highest BCUT2D eigenvalue weighted by Crippen LogP contribution is 2.57. The lowest BCUT2D eigenvalue weighted by Gasteiger charge is -2.12. The lowest BCUT2D eigenvalue weighted by atomic mass is 10.0. The van der Waals surface area contributed by atoms with Gasteiger partial charge < -0.3 is 5.11 Å². The molecule has 2 saturated carbocycles. The maximum absolute atomic E-state index is 10.4. The quantitative estimate of drug-likeness (QED) is 0.876. The van der Waals surface area contributed by atoms with Crippen LogP contribution in [0.4, 0.5) is 0 Å². The number of hydrogen-bond donors (Lipinski definition) is 1. The van der Waals surface area contributed by atoms with Crippen LogP contribution in [0.25, 0.3) is 0 Å². The van der Waals surface area contributed by atoms with Gasteiger partial charge in [-0.1, -0.05) is 48.2 Å². The maximum Gasteiger partial charge on any atom is 0.0625 e. The summed E-state index contributed by atoms with van der Waals surface area (Å²) in [6, 6.07) is 5.65. The molecule has 1 aromatic rings. The average molecular weight is 285 g/mol. The fraction of sp³-hybridized carbons (Fsp3) is 0.600. The van der Waals surface area contributed by atoms with Gasteiger partial charge in [0.2, 0.25) is 0 Å². The Morgan fingerprint density at radius 1 is 1.17 bits per heavy atom. The number of halogens is 2. The summed E-state index contributed by atoms with van der Waals surface area (Å²) in [6.07, 6.45) is 5.65. The standard InChI is InChI=1S/C15H18Cl2O/c16-12-7-3-4-9(15(12)17)8-13(18)14-10-5-1-2-6-11(10)14/h3-4,7,10-11,13-14,18H,1-2,5-6,8H2. The Hall–Kier alpha value is -0.240. The van der Waals surface area contributed by atoms with Gasteiger partial charge >= 0.3 is 0 Å². The molecule has 0 radical (unpaired) electrons. The van der Waals surface area contributed by atoms with Crippen LogP contribution in [-0.2, 0) is 6.42 Å². The number of fused-ring (bicyclic) bond motifs is 1. The minimum Gasteiger partial charge on any atom is -0.392 e. The summed E-state index contributed by atoms with van der Waals surface area (Å²) in [5, 5.41) is 11.6. The van der Waals surface area contributed by atoms with E-state index >= 15 is 0 Å². The van der Waals surface area contributed by atoms with Gasteiger partial charge in [0.25, 0.3) is 0 Å². The van der Waals surface area contributed by atoms with Crippen LogP contribution in [0, 0.1) is 17.8 Å². The fourth-order valence-corrected chi connectivity index (χ4v) is 4.08. The monoisotopic (exact) mass is 284 g/mol. The molecule has 1 nitrogen and oxygen atoms in total. The van der Waals surface area contributed by atoms with Gasteiger partial charge in [-0.3, -0.25) is 0 Å². The summed E-state index contributed by atoms with van der Waals surface area (Å²) < 4.78 is 0. The summed E-state index contributed by atoms with van der Waals surface area (Å²) in [7, 11) is 0. The van der Waals surface area contributed by atoms with Crippen LogP contribution in [0.1, 0.15) is 31.2 Å². The topological polar surface area (TPSA) is 20.2 Å². The minimum atomic E-state index is -0.255. The Kier molecular flexibility index (Phi) is 3.57. The van der Waals surface area contributed by atoms with Crippen molar-refractivity contribution in [3.63, 3.8) is 0 Å². The van der Waals surface area contributed by atoms with Crippen molar-refractivity contribution < 1.29 is 5.11 Å². The zero-order chi connectivity index (χ0) is 12.7. The first-order valence-electron chi connectivity index (χ1n) is 6.79. The van der Waals surface area contributed by atoms with E-state index in [4.69, 9.17) is 23.2 Å².